The van der Waals surface area contributed by atoms with Gasteiger partial charge in [0.25, 0.3) is 24.1 Å². The summed E-state index contributed by atoms with van der Waals surface area (Å²) in [6, 6.07) is 22.8. The summed E-state index contributed by atoms with van der Waals surface area (Å²) in [5, 5.41) is 5.97. The average molecular weight is 724 g/mol. The van der Waals surface area contributed by atoms with Gasteiger partial charge >= 0.3 is 0 Å². The first-order chi connectivity index (χ1) is 25.6. The minimum absolute atomic E-state index is 0.0119. The van der Waals surface area contributed by atoms with Crippen molar-refractivity contribution in [2.24, 2.45) is 0 Å². The fourth-order valence-corrected chi connectivity index (χ4v) is 8.02. The topological polar surface area (TPSA) is 103 Å². The molecule has 3 aromatic carbocycles. The van der Waals surface area contributed by atoms with E-state index < -0.39 is 6.43 Å². The van der Waals surface area contributed by atoms with Crippen LogP contribution in [0.15, 0.2) is 79.0 Å². The Morgan fingerprint density at radius 1 is 0.849 bits per heavy atom. The van der Waals surface area contributed by atoms with Gasteiger partial charge in [-0.25, -0.2) is 13.8 Å². The van der Waals surface area contributed by atoms with E-state index in [1.54, 1.807) is 19.0 Å². The molecule has 1 aliphatic carbocycles. The van der Waals surface area contributed by atoms with Gasteiger partial charge in [0, 0.05) is 57.1 Å². The standard InChI is InChI=1S/C41H47F2N7O3/c1-47(2)40(53)33-8-4-29(5-9-33)26-49-22-23-50-35(41(49)18-3-19-41)25-44-37(50)39(52)45-24-28-6-14-34(15-7-28)46-38(51)32-12-10-30(11-13-32)31-16-20-48(21-17-31)27-36(42)43/h4-15,25,31,36H,3,16-24,26-27H2,1-2H3,(H,45,52)(H,46,51). The summed E-state index contributed by atoms with van der Waals surface area (Å²) < 4.78 is 27.5. The minimum atomic E-state index is -2.31. The molecular weight excluding hydrogens is 676 g/mol. The zero-order chi connectivity index (χ0) is 37.1. The van der Waals surface area contributed by atoms with Gasteiger partial charge in [-0.15, -0.1) is 0 Å². The van der Waals surface area contributed by atoms with Crippen molar-refractivity contribution in [1.29, 1.82) is 0 Å². The molecule has 10 nitrogen and oxygen atoms in total. The van der Waals surface area contributed by atoms with Crippen molar-refractivity contribution < 1.29 is 23.2 Å². The molecule has 53 heavy (non-hydrogen) atoms. The maximum absolute atomic E-state index is 13.4. The Kier molecular flexibility index (Phi) is 10.7. The largest absolute Gasteiger partial charge is 0.345 e. The van der Waals surface area contributed by atoms with E-state index >= 15 is 0 Å². The molecule has 3 amide bonds. The Hall–Kier alpha value is -4.94. The average Bonchev–Trinajstić information content (AvgIpc) is 3.58. The first-order valence-corrected chi connectivity index (χ1v) is 18.5. The van der Waals surface area contributed by atoms with Crippen LogP contribution in [-0.4, -0.2) is 88.7 Å². The summed E-state index contributed by atoms with van der Waals surface area (Å²) in [4.78, 5) is 49.2. The molecule has 1 saturated carbocycles. The number of piperidine rings is 1. The van der Waals surface area contributed by atoms with Crippen molar-refractivity contribution in [3.63, 3.8) is 0 Å². The van der Waals surface area contributed by atoms with E-state index in [-0.39, 0.29) is 29.8 Å². The molecule has 4 aromatic rings. The lowest BCUT2D eigenvalue weighted by atomic mass is 9.72. The second-order valence-corrected chi connectivity index (χ2v) is 14.7. The Bertz CT molecular complexity index is 1910. The molecule has 1 spiro atoms. The summed E-state index contributed by atoms with van der Waals surface area (Å²) in [5.41, 5.74) is 5.97. The van der Waals surface area contributed by atoms with E-state index in [0.717, 1.165) is 67.6 Å². The molecular formula is C41H47F2N7O3. The second kappa shape index (κ2) is 15.6. The van der Waals surface area contributed by atoms with Crippen LogP contribution in [0.2, 0.25) is 0 Å². The first-order valence-electron chi connectivity index (χ1n) is 18.5. The number of fused-ring (bicyclic) bond motifs is 2. The van der Waals surface area contributed by atoms with E-state index in [2.05, 4.69) is 25.1 Å². The maximum Gasteiger partial charge on any atom is 0.287 e. The molecule has 0 radical (unpaired) electrons. The number of carbonyl (C=O) groups is 3. The molecule has 0 bridgehead atoms. The van der Waals surface area contributed by atoms with Gasteiger partial charge in [0.15, 0.2) is 5.82 Å². The molecule has 0 unspecified atom stereocenters. The molecule has 2 aliphatic heterocycles. The molecule has 1 saturated heterocycles. The van der Waals surface area contributed by atoms with Crippen LogP contribution in [0.4, 0.5) is 14.5 Å². The number of aromatic nitrogens is 2. The Balaban J connectivity index is 0.911. The second-order valence-electron chi connectivity index (χ2n) is 14.7. The summed E-state index contributed by atoms with van der Waals surface area (Å²) in [7, 11) is 3.51. The summed E-state index contributed by atoms with van der Waals surface area (Å²) in [5.74, 6) is 0.276. The molecule has 2 fully saturated rings. The number of alkyl halides is 2. The van der Waals surface area contributed by atoms with E-state index in [4.69, 9.17) is 0 Å². The summed E-state index contributed by atoms with van der Waals surface area (Å²) in [6.45, 7) is 3.69. The Labute approximate surface area is 309 Å². The van der Waals surface area contributed by atoms with Crippen molar-refractivity contribution >= 4 is 23.4 Å². The lowest BCUT2D eigenvalue weighted by molar-refractivity contribution is -0.0217. The van der Waals surface area contributed by atoms with Gasteiger partial charge in [0.2, 0.25) is 0 Å². The van der Waals surface area contributed by atoms with Gasteiger partial charge in [-0.2, -0.15) is 0 Å². The zero-order valence-electron chi connectivity index (χ0n) is 30.4. The highest BCUT2D eigenvalue weighted by atomic mass is 19.3. The third-order valence-corrected chi connectivity index (χ3v) is 11.2. The highest BCUT2D eigenvalue weighted by molar-refractivity contribution is 6.04. The number of anilines is 1. The highest BCUT2D eigenvalue weighted by Crippen LogP contribution is 2.49. The number of nitrogens with one attached hydrogen (secondary N) is 2. The van der Waals surface area contributed by atoms with Gasteiger partial charge in [0.05, 0.1) is 24.0 Å². The number of likely N-dealkylation sites (tertiary alicyclic amines) is 1. The van der Waals surface area contributed by atoms with E-state index in [0.29, 0.717) is 54.7 Å². The number of imidazole rings is 1. The number of halogens is 2. The van der Waals surface area contributed by atoms with Crippen molar-refractivity contribution in [2.75, 3.05) is 45.6 Å². The van der Waals surface area contributed by atoms with Crippen molar-refractivity contribution in [3.8, 4) is 0 Å². The van der Waals surface area contributed by atoms with Gasteiger partial charge in [-0.05, 0) is 104 Å². The number of carbonyl (C=O) groups excluding carboxylic acids is 3. The Morgan fingerprint density at radius 2 is 1.51 bits per heavy atom. The number of nitrogens with zero attached hydrogens (tertiary/aromatic N) is 5. The first kappa shape index (κ1) is 36.4. The lowest BCUT2D eigenvalue weighted by Crippen LogP contribution is -2.56. The monoisotopic (exact) mass is 723 g/mol. The van der Waals surface area contributed by atoms with Gasteiger partial charge in [-0.1, -0.05) is 36.4 Å². The normalized spacial score (nSPS) is 17.3. The number of benzene rings is 3. The van der Waals surface area contributed by atoms with Crippen LogP contribution in [0.3, 0.4) is 0 Å². The minimum Gasteiger partial charge on any atom is -0.345 e. The Morgan fingerprint density at radius 3 is 2.13 bits per heavy atom. The SMILES string of the molecule is CN(C)C(=O)c1ccc(CN2CCn3c(cnc3C(=O)NCc3ccc(NC(=O)c4ccc(C5CCN(CC(F)F)CC5)cc4)cc3)C23CCC3)cc1. The number of amides is 3. The van der Waals surface area contributed by atoms with Crippen LogP contribution in [0.25, 0.3) is 0 Å². The van der Waals surface area contributed by atoms with Crippen molar-refractivity contribution in [1.82, 2.24) is 29.6 Å². The lowest BCUT2D eigenvalue weighted by Gasteiger charge is -2.53. The zero-order valence-corrected chi connectivity index (χ0v) is 30.4. The molecule has 12 heteroatoms. The molecule has 3 aliphatic rings. The molecule has 7 rings (SSSR count). The fraction of sp³-hybridized carbons (Fsp3) is 0.415. The van der Waals surface area contributed by atoms with Crippen LogP contribution in [0.5, 0.6) is 0 Å². The third kappa shape index (κ3) is 7.89. The number of hydrogen-bond acceptors (Lipinski definition) is 6. The molecule has 1 aromatic heterocycles. The van der Waals surface area contributed by atoms with Crippen LogP contribution >= 0.6 is 0 Å². The van der Waals surface area contributed by atoms with Crippen LogP contribution < -0.4 is 10.6 Å². The van der Waals surface area contributed by atoms with Crippen LogP contribution in [0.1, 0.15) is 91.7 Å². The number of hydrogen-bond donors (Lipinski definition) is 2. The highest BCUT2D eigenvalue weighted by Gasteiger charge is 2.49. The number of rotatable bonds is 11. The van der Waals surface area contributed by atoms with Gasteiger partial charge in [-0.3, -0.25) is 24.2 Å². The van der Waals surface area contributed by atoms with E-state index in [1.165, 1.54) is 0 Å². The molecule has 278 valence electrons. The van der Waals surface area contributed by atoms with Crippen molar-refractivity contribution in [3.05, 3.63) is 118 Å². The summed E-state index contributed by atoms with van der Waals surface area (Å²) in [6.07, 6.45) is 4.36. The predicted octanol–water partition coefficient (Wildman–Crippen LogP) is 6.11. The van der Waals surface area contributed by atoms with Gasteiger partial charge in [0.1, 0.15) is 0 Å². The predicted molar refractivity (Wildman–Crippen MR) is 199 cm³/mol. The third-order valence-electron chi connectivity index (χ3n) is 11.2. The van der Waals surface area contributed by atoms with Crippen LogP contribution in [0, 0.1) is 0 Å². The molecule has 0 atom stereocenters. The fourth-order valence-electron chi connectivity index (χ4n) is 8.02. The molecule has 2 N–H and O–H groups in total. The van der Waals surface area contributed by atoms with Gasteiger partial charge < -0.3 is 20.1 Å². The van der Waals surface area contributed by atoms with E-state index in [1.807, 2.05) is 83.9 Å². The summed E-state index contributed by atoms with van der Waals surface area (Å²) >= 11 is 0. The van der Waals surface area contributed by atoms with Crippen LogP contribution in [-0.2, 0) is 25.2 Å². The maximum atomic E-state index is 13.4. The van der Waals surface area contributed by atoms with E-state index in [9.17, 15) is 23.2 Å². The molecule has 3 heterocycles. The smallest absolute Gasteiger partial charge is 0.287 e. The quantitative estimate of drug-likeness (QED) is 0.194. The van der Waals surface area contributed by atoms with Crippen molar-refractivity contribution in [2.45, 2.75) is 69.6 Å².